The molecule has 43 heavy (non-hydrogen) atoms. The van der Waals surface area contributed by atoms with Crippen LogP contribution in [0.1, 0.15) is 92.7 Å². The van der Waals surface area contributed by atoms with Crippen molar-refractivity contribution in [1.82, 2.24) is 4.98 Å². The minimum absolute atomic E-state index is 0.0369. The summed E-state index contributed by atoms with van der Waals surface area (Å²) in [6, 6.07) is 16.7. The van der Waals surface area contributed by atoms with Crippen molar-refractivity contribution in [3.8, 4) is 5.75 Å². The average molecular weight is 601 g/mol. The van der Waals surface area contributed by atoms with Gasteiger partial charge in [-0.15, -0.1) is 0 Å². The Morgan fingerprint density at radius 2 is 1.95 bits per heavy atom. The maximum absolute atomic E-state index is 13.3. The first kappa shape index (κ1) is 30.0. The van der Waals surface area contributed by atoms with Gasteiger partial charge in [0.25, 0.3) is 0 Å². The maximum atomic E-state index is 13.3. The van der Waals surface area contributed by atoms with E-state index in [1.807, 2.05) is 30.5 Å². The van der Waals surface area contributed by atoms with E-state index in [0.29, 0.717) is 42.2 Å². The smallest absolute Gasteiger partial charge is 0.331 e. The Labute approximate surface area is 261 Å². The molecule has 0 amide bonds. The molecular formula is C37H45ClN2O3. The molecule has 0 bridgehead atoms. The number of aromatic nitrogens is 1. The van der Waals surface area contributed by atoms with Crippen LogP contribution in [-0.2, 0) is 27.8 Å². The Bertz CT molecular complexity index is 1480. The molecule has 228 valence electrons. The molecule has 3 aliphatic carbocycles. The second-order valence-electron chi connectivity index (χ2n) is 13.5. The van der Waals surface area contributed by atoms with Gasteiger partial charge in [0.05, 0.1) is 13.7 Å². The van der Waals surface area contributed by atoms with Crippen LogP contribution in [0.25, 0.3) is 0 Å². The number of methoxy groups -OCH3 is 1. The number of fused-ring (bicyclic) bond motifs is 3. The number of esters is 1. The Hall–Kier alpha value is -3.05. The third kappa shape index (κ3) is 5.78. The second kappa shape index (κ2) is 12.1. The lowest BCUT2D eigenvalue weighted by Gasteiger charge is -2.47. The summed E-state index contributed by atoms with van der Waals surface area (Å²) in [5.74, 6) is 2.22. The number of ether oxygens (including phenoxy) is 2. The molecule has 3 atom stereocenters. The van der Waals surface area contributed by atoms with Crippen LogP contribution in [0.5, 0.6) is 5.75 Å². The lowest BCUT2D eigenvalue weighted by Crippen LogP contribution is -2.53. The molecule has 1 unspecified atom stereocenters. The molecule has 5 nitrogen and oxygen atoms in total. The largest absolute Gasteiger partial charge is 0.493 e. The lowest BCUT2D eigenvalue weighted by molar-refractivity contribution is -0.148. The minimum atomic E-state index is -0.769. The van der Waals surface area contributed by atoms with E-state index < -0.39 is 5.54 Å². The zero-order valence-corrected chi connectivity index (χ0v) is 26.8. The molecule has 1 heterocycles. The SMILES string of the molecule is COC(=O)C1(Nc2cccc(Cl)c2)CCC2(CC1)c1ccc(C)cc1CC2C[C@@H](C)COc1ccnc2c1[C@H](C)CCC2. The number of halogens is 1. The molecule has 2 aromatic carbocycles. The first-order valence-electron chi connectivity index (χ1n) is 16.1. The van der Waals surface area contributed by atoms with Crippen LogP contribution < -0.4 is 10.1 Å². The minimum Gasteiger partial charge on any atom is -0.493 e. The molecular weight excluding hydrogens is 556 g/mol. The summed E-state index contributed by atoms with van der Waals surface area (Å²) in [5, 5.41) is 4.21. The van der Waals surface area contributed by atoms with E-state index in [0.717, 1.165) is 43.5 Å². The van der Waals surface area contributed by atoms with Crippen molar-refractivity contribution >= 4 is 23.3 Å². The highest BCUT2D eigenvalue weighted by atomic mass is 35.5. The predicted molar refractivity (Wildman–Crippen MR) is 173 cm³/mol. The number of carbonyl (C=O) groups excluding carboxylic acids is 1. The lowest BCUT2D eigenvalue weighted by atomic mass is 9.59. The molecule has 1 spiro atoms. The van der Waals surface area contributed by atoms with Crippen LogP contribution in [0.15, 0.2) is 54.7 Å². The number of aryl methyl sites for hydroxylation is 2. The topological polar surface area (TPSA) is 60.5 Å². The van der Waals surface area contributed by atoms with E-state index in [1.54, 1.807) is 0 Å². The quantitative estimate of drug-likeness (QED) is 0.262. The average Bonchev–Trinajstić information content (AvgIpc) is 3.28. The number of rotatable bonds is 8. The number of carbonyl (C=O) groups is 1. The fourth-order valence-electron chi connectivity index (χ4n) is 8.44. The van der Waals surface area contributed by atoms with Gasteiger partial charge in [-0.2, -0.15) is 0 Å². The van der Waals surface area contributed by atoms with Crippen LogP contribution in [0.4, 0.5) is 5.69 Å². The van der Waals surface area contributed by atoms with Gasteiger partial charge in [0.1, 0.15) is 11.3 Å². The highest BCUT2D eigenvalue weighted by Gasteiger charge is 2.54. The summed E-state index contributed by atoms with van der Waals surface area (Å²) in [6.07, 6.45) is 10.8. The van der Waals surface area contributed by atoms with Crippen LogP contribution in [0, 0.1) is 18.8 Å². The fraction of sp³-hybridized carbons (Fsp3) is 0.514. The molecule has 0 saturated heterocycles. The molecule has 1 saturated carbocycles. The number of benzene rings is 2. The predicted octanol–water partition coefficient (Wildman–Crippen LogP) is 8.60. The Kier molecular flexibility index (Phi) is 8.48. The van der Waals surface area contributed by atoms with Crippen molar-refractivity contribution in [3.05, 3.63) is 87.7 Å². The molecule has 6 rings (SSSR count). The molecule has 1 aromatic heterocycles. The van der Waals surface area contributed by atoms with Crippen LogP contribution >= 0.6 is 11.6 Å². The third-order valence-corrected chi connectivity index (χ3v) is 10.8. The maximum Gasteiger partial charge on any atom is 0.331 e. The first-order chi connectivity index (χ1) is 20.7. The normalized spacial score (nSPS) is 26.8. The molecule has 0 aliphatic heterocycles. The van der Waals surface area contributed by atoms with Crippen molar-refractivity contribution in [1.29, 1.82) is 0 Å². The van der Waals surface area contributed by atoms with Crippen molar-refractivity contribution < 1.29 is 14.3 Å². The molecule has 3 aromatic rings. The second-order valence-corrected chi connectivity index (χ2v) is 14.0. The Morgan fingerprint density at radius 1 is 1.14 bits per heavy atom. The van der Waals surface area contributed by atoms with Crippen molar-refractivity contribution in [3.63, 3.8) is 0 Å². The molecule has 6 heteroatoms. The van der Waals surface area contributed by atoms with Gasteiger partial charge in [-0.25, -0.2) is 4.79 Å². The zero-order chi connectivity index (χ0) is 30.2. The van der Waals surface area contributed by atoms with E-state index >= 15 is 0 Å². The molecule has 3 aliphatic rings. The number of hydrogen-bond donors (Lipinski definition) is 1. The van der Waals surface area contributed by atoms with Crippen LogP contribution in [0.3, 0.4) is 0 Å². The van der Waals surface area contributed by atoms with Gasteiger partial charge < -0.3 is 14.8 Å². The van der Waals surface area contributed by atoms with E-state index in [4.69, 9.17) is 21.1 Å². The highest BCUT2D eigenvalue weighted by Crippen LogP contribution is 2.56. The van der Waals surface area contributed by atoms with Gasteiger partial charge in [-0.3, -0.25) is 4.98 Å². The summed E-state index contributed by atoms with van der Waals surface area (Å²) in [5.41, 5.74) is 6.92. The molecule has 1 N–H and O–H groups in total. The van der Waals surface area contributed by atoms with Gasteiger partial charge in [-0.1, -0.05) is 55.3 Å². The number of anilines is 1. The van der Waals surface area contributed by atoms with Crippen molar-refractivity contribution in [2.24, 2.45) is 11.8 Å². The van der Waals surface area contributed by atoms with E-state index in [2.05, 4.69) is 55.3 Å². The zero-order valence-electron chi connectivity index (χ0n) is 26.0. The molecule has 1 fully saturated rings. The van der Waals surface area contributed by atoms with E-state index in [-0.39, 0.29) is 11.4 Å². The van der Waals surface area contributed by atoms with E-state index in [9.17, 15) is 4.79 Å². The highest BCUT2D eigenvalue weighted by molar-refractivity contribution is 6.30. The fourth-order valence-corrected chi connectivity index (χ4v) is 8.63. The number of nitrogens with zero attached hydrogens (tertiary/aromatic N) is 1. The summed E-state index contributed by atoms with van der Waals surface area (Å²) in [6.45, 7) is 7.52. The Morgan fingerprint density at radius 3 is 2.72 bits per heavy atom. The standard InChI is InChI=1S/C37H45ClN2O3/c1-24-11-12-31-27(19-24)21-28(20-25(2)23-43-33-13-18-39-32-10-5-7-26(3)34(32)33)36(31)14-16-37(17-15-36,35(41)42-4)40-30-9-6-8-29(38)22-30/h6,8-9,11-13,18-19,22,25-26,28,40H,5,7,10,14-17,20-21,23H2,1-4H3/t25-,26-,28?,36?,37?/m1/s1. The summed E-state index contributed by atoms with van der Waals surface area (Å²) >= 11 is 6.29. The van der Waals surface area contributed by atoms with Crippen LogP contribution in [0.2, 0.25) is 5.02 Å². The Balaban J connectivity index is 1.22. The summed E-state index contributed by atoms with van der Waals surface area (Å²) < 4.78 is 11.9. The van der Waals surface area contributed by atoms with Crippen molar-refractivity contribution in [2.45, 2.75) is 95.4 Å². The number of nitrogens with one attached hydrogen (secondary N) is 1. The van der Waals surface area contributed by atoms with Gasteiger partial charge in [0.15, 0.2) is 0 Å². The van der Waals surface area contributed by atoms with E-state index in [1.165, 1.54) is 47.9 Å². The van der Waals surface area contributed by atoms with Gasteiger partial charge >= 0.3 is 5.97 Å². The summed E-state index contributed by atoms with van der Waals surface area (Å²) in [4.78, 5) is 18.0. The molecule has 0 radical (unpaired) electrons. The summed E-state index contributed by atoms with van der Waals surface area (Å²) in [7, 11) is 1.49. The van der Waals surface area contributed by atoms with Crippen LogP contribution in [-0.4, -0.2) is 30.2 Å². The first-order valence-corrected chi connectivity index (χ1v) is 16.4. The monoisotopic (exact) mass is 600 g/mol. The third-order valence-electron chi connectivity index (χ3n) is 10.6. The van der Waals surface area contributed by atoms with Gasteiger partial charge in [-0.05, 0) is 123 Å². The van der Waals surface area contributed by atoms with Gasteiger partial charge in [0, 0.05) is 28.2 Å². The van der Waals surface area contributed by atoms with Crippen molar-refractivity contribution in [2.75, 3.05) is 19.0 Å². The number of hydrogen-bond acceptors (Lipinski definition) is 5. The number of pyridine rings is 1. The van der Waals surface area contributed by atoms with Gasteiger partial charge in [0.2, 0.25) is 0 Å².